The average molecular weight is 181 g/mol. The van der Waals surface area contributed by atoms with Crippen LogP contribution in [0.15, 0.2) is 12.2 Å². The van der Waals surface area contributed by atoms with Crippen LogP contribution in [0.3, 0.4) is 0 Å². The first-order valence-electron chi connectivity index (χ1n) is 4.70. The largest absolute Gasteiger partial charge is 0.344 e. The summed E-state index contributed by atoms with van der Waals surface area (Å²) in [6.45, 7) is 2.15. The smallest absolute Gasteiger partial charge is 0.284 e. The molecule has 72 valence electrons. The van der Waals surface area contributed by atoms with Gasteiger partial charge in [-0.25, -0.2) is 0 Å². The van der Waals surface area contributed by atoms with Gasteiger partial charge in [-0.15, -0.1) is 0 Å². The molecule has 1 aliphatic rings. The summed E-state index contributed by atoms with van der Waals surface area (Å²) in [6, 6.07) is 0.0560. The fourth-order valence-electron chi connectivity index (χ4n) is 1.55. The molecule has 3 heteroatoms. The highest BCUT2D eigenvalue weighted by Crippen LogP contribution is 2.19. The van der Waals surface area contributed by atoms with Crippen LogP contribution < -0.4 is 5.32 Å². The molecule has 0 aromatic heterocycles. The fourth-order valence-corrected chi connectivity index (χ4v) is 1.55. The lowest BCUT2D eigenvalue weighted by Gasteiger charge is -2.21. The Morgan fingerprint density at radius 2 is 2.31 bits per heavy atom. The number of amides is 1. The second-order valence-corrected chi connectivity index (χ2v) is 3.36. The molecule has 1 aliphatic carbocycles. The summed E-state index contributed by atoms with van der Waals surface area (Å²) in [6.07, 6.45) is 7.61. The number of nitrogens with one attached hydrogen (secondary N) is 1. The number of hydrogen-bond donors (Lipinski definition) is 1. The molecule has 0 spiro atoms. The molecular formula is C10H15NO2. The van der Waals surface area contributed by atoms with Crippen LogP contribution in [-0.4, -0.2) is 18.2 Å². The average Bonchev–Trinajstić information content (AvgIpc) is 2.19. The predicted molar refractivity (Wildman–Crippen MR) is 50.1 cm³/mol. The number of carbonyl (C=O) groups excluding carboxylic acids is 2. The van der Waals surface area contributed by atoms with Crippen molar-refractivity contribution in [1.29, 1.82) is 0 Å². The quantitative estimate of drug-likeness (QED) is 0.402. The first kappa shape index (κ1) is 9.96. The van der Waals surface area contributed by atoms with Crippen molar-refractivity contribution in [3.8, 4) is 0 Å². The minimum atomic E-state index is -0.524. The standard InChI is InChI=1S/C10H15NO2/c1-2-8-3-5-9(6-4-8)11-10(13)7-12/h3,5,7-9H,2,4,6H2,1H3,(H,11,13). The van der Waals surface area contributed by atoms with E-state index in [0.717, 1.165) is 19.3 Å². The second-order valence-electron chi connectivity index (χ2n) is 3.36. The van der Waals surface area contributed by atoms with Gasteiger partial charge < -0.3 is 5.32 Å². The number of carbonyl (C=O) groups is 2. The Bertz CT molecular complexity index is 223. The summed E-state index contributed by atoms with van der Waals surface area (Å²) < 4.78 is 0. The molecule has 13 heavy (non-hydrogen) atoms. The number of hydrogen-bond acceptors (Lipinski definition) is 2. The molecule has 2 atom stereocenters. The Balaban J connectivity index is 2.39. The maximum Gasteiger partial charge on any atom is 0.284 e. The Kier molecular flexibility index (Phi) is 3.68. The molecular weight excluding hydrogens is 166 g/mol. The molecule has 0 aliphatic heterocycles. The molecule has 0 saturated carbocycles. The lowest BCUT2D eigenvalue weighted by Crippen LogP contribution is -2.35. The van der Waals surface area contributed by atoms with Crippen molar-refractivity contribution in [2.24, 2.45) is 5.92 Å². The van der Waals surface area contributed by atoms with Crippen molar-refractivity contribution in [2.75, 3.05) is 0 Å². The number of aldehydes is 1. The van der Waals surface area contributed by atoms with Gasteiger partial charge in [-0.1, -0.05) is 19.1 Å². The van der Waals surface area contributed by atoms with Crippen LogP contribution in [0, 0.1) is 5.92 Å². The van der Waals surface area contributed by atoms with Crippen molar-refractivity contribution in [3.63, 3.8) is 0 Å². The fraction of sp³-hybridized carbons (Fsp3) is 0.600. The number of allylic oxidation sites excluding steroid dienone is 1. The van der Waals surface area contributed by atoms with E-state index < -0.39 is 5.91 Å². The minimum Gasteiger partial charge on any atom is -0.344 e. The molecule has 0 heterocycles. The lowest BCUT2D eigenvalue weighted by molar-refractivity contribution is -0.131. The third-order valence-electron chi connectivity index (χ3n) is 2.42. The summed E-state index contributed by atoms with van der Waals surface area (Å²) in [5.74, 6) is 0.119. The number of rotatable bonds is 3. The Morgan fingerprint density at radius 3 is 2.77 bits per heavy atom. The highest BCUT2D eigenvalue weighted by molar-refractivity contribution is 6.23. The molecule has 0 fully saturated rings. The van der Waals surface area contributed by atoms with Gasteiger partial charge in [0, 0.05) is 6.04 Å². The van der Waals surface area contributed by atoms with Crippen molar-refractivity contribution >= 4 is 12.2 Å². The Labute approximate surface area is 78.2 Å². The molecule has 0 aromatic carbocycles. The summed E-state index contributed by atoms with van der Waals surface area (Å²) in [5.41, 5.74) is 0. The van der Waals surface area contributed by atoms with Crippen molar-refractivity contribution in [2.45, 2.75) is 32.2 Å². The zero-order valence-electron chi connectivity index (χ0n) is 7.82. The van der Waals surface area contributed by atoms with Crippen LogP contribution in [0.2, 0.25) is 0 Å². The second kappa shape index (κ2) is 4.80. The summed E-state index contributed by atoms with van der Waals surface area (Å²) in [4.78, 5) is 20.8. The molecule has 0 aromatic rings. The summed E-state index contributed by atoms with van der Waals surface area (Å²) in [5, 5.41) is 2.62. The van der Waals surface area contributed by atoms with Crippen LogP contribution >= 0.6 is 0 Å². The molecule has 3 nitrogen and oxygen atoms in total. The third-order valence-corrected chi connectivity index (χ3v) is 2.42. The summed E-state index contributed by atoms with van der Waals surface area (Å²) in [7, 11) is 0. The van der Waals surface area contributed by atoms with Gasteiger partial charge in [-0.3, -0.25) is 9.59 Å². The molecule has 0 radical (unpaired) electrons. The van der Waals surface area contributed by atoms with Gasteiger partial charge >= 0.3 is 0 Å². The zero-order valence-corrected chi connectivity index (χ0v) is 7.82. The van der Waals surface area contributed by atoms with E-state index in [9.17, 15) is 9.59 Å². The van der Waals surface area contributed by atoms with E-state index in [0.29, 0.717) is 12.2 Å². The molecule has 1 rings (SSSR count). The van der Waals surface area contributed by atoms with E-state index in [1.807, 2.05) is 6.08 Å². The van der Waals surface area contributed by atoms with E-state index in [4.69, 9.17) is 0 Å². The molecule has 1 N–H and O–H groups in total. The van der Waals surface area contributed by atoms with Gasteiger partial charge in [-0.05, 0) is 25.2 Å². The van der Waals surface area contributed by atoms with Crippen LogP contribution in [0.5, 0.6) is 0 Å². The van der Waals surface area contributed by atoms with Crippen molar-refractivity contribution in [1.82, 2.24) is 5.32 Å². The van der Waals surface area contributed by atoms with Gasteiger partial charge in [0.15, 0.2) is 0 Å². The lowest BCUT2D eigenvalue weighted by atomic mass is 9.91. The van der Waals surface area contributed by atoms with Gasteiger partial charge in [0.25, 0.3) is 5.91 Å². The van der Waals surface area contributed by atoms with E-state index >= 15 is 0 Å². The predicted octanol–water partition coefficient (Wildman–Crippen LogP) is 1.05. The molecule has 2 unspecified atom stereocenters. The molecule has 0 saturated heterocycles. The maximum absolute atomic E-state index is 10.7. The van der Waals surface area contributed by atoms with Crippen LogP contribution in [0.4, 0.5) is 0 Å². The maximum atomic E-state index is 10.7. The van der Waals surface area contributed by atoms with E-state index in [-0.39, 0.29) is 6.04 Å². The summed E-state index contributed by atoms with van der Waals surface area (Å²) >= 11 is 0. The first-order valence-corrected chi connectivity index (χ1v) is 4.70. The van der Waals surface area contributed by atoms with Gasteiger partial charge in [-0.2, -0.15) is 0 Å². The first-order chi connectivity index (χ1) is 6.26. The normalized spacial score (nSPS) is 26.8. The van der Waals surface area contributed by atoms with E-state index in [2.05, 4.69) is 18.3 Å². The van der Waals surface area contributed by atoms with Gasteiger partial charge in [0.05, 0.1) is 0 Å². The van der Waals surface area contributed by atoms with Crippen molar-refractivity contribution < 1.29 is 9.59 Å². The Hall–Kier alpha value is -1.12. The zero-order chi connectivity index (χ0) is 9.68. The third kappa shape index (κ3) is 3.01. The van der Waals surface area contributed by atoms with Crippen molar-refractivity contribution in [3.05, 3.63) is 12.2 Å². The highest BCUT2D eigenvalue weighted by atomic mass is 16.2. The van der Waals surface area contributed by atoms with E-state index in [1.165, 1.54) is 0 Å². The monoisotopic (exact) mass is 181 g/mol. The van der Waals surface area contributed by atoms with Crippen LogP contribution in [-0.2, 0) is 9.59 Å². The van der Waals surface area contributed by atoms with Crippen LogP contribution in [0.25, 0.3) is 0 Å². The topological polar surface area (TPSA) is 46.2 Å². The van der Waals surface area contributed by atoms with Gasteiger partial charge in [0.1, 0.15) is 0 Å². The highest BCUT2D eigenvalue weighted by Gasteiger charge is 2.15. The SMILES string of the molecule is CCC1C=CC(NC(=O)C=O)CC1. The van der Waals surface area contributed by atoms with E-state index in [1.54, 1.807) is 0 Å². The minimum absolute atomic E-state index is 0.0560. The van der Waals surface area contributed by atoms with Gasteiger partial charge in [0.2, 0.25) is 6.29 Å². The van der Waals surface area contributed by atoms with Crippen LogP contribution in [0.1, 0.15) is 26.2 Å². The molecule has 1 amide bonds. The Morgan fingerprint density at radius 1 is 1.54 bits per heavy atom. The molecule has 0 bridgehead atoms.